The first-order valence-corrected chi connectivity index (χ1v) is 11.1. The third-order valence-electron chi connectivity index (χ3n) is 7.42. The summed E-state index contributed by atoms with van der Waals surface area (Å²) in [6, 6.07) is 5.26. The summed E-state index contributed by atoms with van der Waals surface area (Å²) in [4.78, 5) is 40.8. The largest absolute Gasteiger partial charge is 0.353 e. The van der Waals surface area contributed by atoms with Crippen LogP contribution in [0, 0.1) is 29.5 Å². The second kappa shape index (κ2) is 7.64. The summed E-state index contributed by atoms with van der Waals surface area (Å²) < 4.78 is 13.5. The first-order chi connectivity index (χ1) is 14.5. The minimum absolute atomic E-state index is 0.0157. The average molecular weight is 410 g/mol. The van der Waals surface area contributed by atoms with Crippen molar-refractivity contribution >= 4 is 17.7 Å². The zero-order chi connectivity index (χ0) is 20.8. The molecule has 1 N–H and O–H groups in total. The summed E-state index contributed by atoms with van der Waals surface area (Å²) in [7, 11) is 0. The number of benzene rings is 1. The lowest BCUT2D eigenvalue weighted by molar-refractivity contribution is -0.144. The third-order valence-corrected chi connectivity index (χ3v) is 7.42. The molecule has 3 amide bonds. The first-order valence-electron chi connectivity index (χ1n) is 11.1. The van der Waals surface area contributed by atoms with E-state index < -0.39 is 6.04 Å². The number of hydrogen-bond acceptors (Lipinski definition) is 3. The molecule has 1 aromatic rings. The smallest absolute Gasteiger partial charge is 0.234 e. The Morgan fingerprint density at radius 3 is 2.20 bits per heavy atom. The molecule has 4 aliphatic rings. The summed E-state index contributed by atoms with van der Waals surface area (Å²) in [6.07, 6.45) is 10.3. The number of carbonyl (C=O) groups is 3. The van der Waals surface area contributed by atoms with Gasteiger partial charge in [-0.1, -0.05) is 43.5 Å². The van der Waals surface area contributed by atoms with Crippen molar-refractivity contribution in [2.24, 2.45) is 23.7 Å². The Labute approximate surface area is 175 Å². The van der Waals surface area contributed by atoms with Crippen LogP contribution in [0.25, 0.3) is 0 Å². The van der Waals surface area contributed by atoms with Gasteiger partial charge >= 0.3 is 0 Å². The molecule has 6 heteroatoms. The number of rotatable bonds is 5. The first kappa shape index (κ1) is 19.5. The van der Waals surface area contributed by atoms with Crippen molar-refractivity contribution in [1.29, 1.82) is 0 Å². The fraction of sp³-hybridized carbons (Fsp3) is 0.542. The monoisotopic (exact) mass is 410 g/mol. The standard InChI is InChI=1S/C24H27FN2O3/c25-17-10-8-14(9-11-17)19(13-20(28)26-18-4-2-1-3-5-18)27-23(29)21-15-6-7-16(12-15)22(21)24(27)30/h6-11,15-16,18-19,21-22H,1-5,12-13H2,(H,26,28). The lowest BCUT2D eigenvalue weighted by Gasteiger charge is -2.29. The SMILES string of the molecule is O=C(CC(c1ccc(F)cc1)N1C(=O)C2C3C=CC(C3)C2C1=O)NC1CCCCC1. The van der Waals surface area contributed by atoms with E-state index in [1.165, 1.54) is 23.5 Å². The van der Waals surface area contributed by atoms with E-state index >= 15 is 0 Å². The van der Waals surface area contributed by atoms with Gasteiger partial charge in [0.05, 0.1) is 24.3 Å². The van der Waals surface area contributed by atoms with Gasteiger partial charge in [0.15, 0.2) is 0 Å². The lowest BCUT2D eigenvalue weighted by Crippen LogP contribution is -2.42. The van der Waals surface area contributed by atoms with Crippen LogP contribution >= 0.6 is 0 Å². The van der Waals surface area contributed by atoms with Crippen molar-refractivity contribution in [3.05, 3.63) is 47.8 Å². The second-order valence-electron chi connectivity index (χ2n) is 9.22. The lowest BCUT2D eigenvalue weighted by atomic mass is 9.85. The summed E-state index contributed by atoms with van der Waals surface area (Å²) in [5, 5.41) is 3.09. The summed E-state index contributed by atoms with van der Waals surface area (Å²) in [5.74, 6) is -1.29. The molecular weight excluding hydrogens is 383 g/mol. The van der Waals surface area contributed by atoms with Crippen molar-refractivity contribution in [2.75, 3.05) is 0 Å². The predicted octanol–water partition coefficient (Wildman–Crippen LogP) is 3.51. The van der Waals surface area contributed by atoms with Crippen LogP contribution < -0.4 is 5.32 Å². The molecule has 5 unspecified atom stereocenters. The van der Waals surface area contributed by atoms with Crippen LogP contribution in [0.4, 0.5) is 4.39 Å². The van der Waals surface area contributed by atoms with E-state index in [1.807, 2.05) is 0 Å². The molecule has 3 aliphatic carbocycles. The number of nitrogens with one attached hydrogen (secondary N) is 1. The van der Waals surface area contributed by atoms with Gasteiger partial charge in [0.1, 0.15) is 5.82 Å². The van der Waals surface area contributed by atoms with E-state index in [4.69, 9.17) is 0 Å². The van der Waals surface area contributed by atoms with Crippen molar-refractivity contribution in [2.45, 2.75) is 57.0 Å². The third kappa shape index (κ3) is 3.26. The van der Waals surface area contributed by atoms with Crippen LogP contribution in [0.2, 0.25) is 0 Å². The number of likely N-dealkylation sites (tertiary alicyclic amines) is 1. The maximum atomic E-state index is 13.5. The van der Waals surface area contributed by atoms with Crippen molar-refractivity contribution < 1.29 is 18.8 Å². The van der Waals surface area contributed by atoms with Crippen LogP contribution in [0.5, 0.6) is 0 Å². The number of imide groups is 1. The minimum Gasteiger partial charge on any atom is -0.353 e. The molecule has 2 saturated carbocycles. The summed E-state index contributed by atoms with van der Waals surface area (Å²) >= 11 is 0. The Hall–Kier alpha value is -2.50. The highest BCUT2D eigenvalue weighted by molar-refractivity contribution is 6.07. The molecule has 0 aromatic heterocycles. The Kier molecular flexibility index (Phi) is 4.95. The van der Waals surface area contributed by atoms with Gasteiger partial charge in [-0.05, 0) is 48.8 Å². The molecule has 1 heterocycles. The molecule has 1 aromatic carbocycles. The molecule has 5 rings (SSSR count). The van der Waals surface area contributed by atoms with E-state index in [-0.39, 0.29) is 59.7 Å². The van der Waals surface area contributed by atoms with Crippen molar-refractivity contribution in [3.63, 3.8) is 0 Å². The van der Waals surface area contributed by atoms with Crippen molar-refractivity contribution in [1.82, 2.24) is 10.2 Å². The van der Waals surface area contributed by atoms with E-state index in [1.54, 1.807) is 12.1 Å². The van der Waals surface area contributed by atoms with E-state index in [0.717, 1.165) is 32.1 Å². The van der Waals surface area contributed by atoms with Gasteiger partial charge in [0.25, 0.3) is 0 Å². The molecule has 30 heavy (non-hydrogen) atoms. The van der Waals surface area contributed by atoms with Crippen LogP contribution in [-0.2, 0) is 14.4 Å². The zero-order valence-electron chi connectivity index (χ0n) is 16.9. The van der Waals surface area contributed by atoms with Gasteiger partial charge < -0.3 is 5.32 Å². The Morgan fingerprint density at radius 2 is 1.60 bits per heavy atom. The maximum absolute atomic E-state index is 13.5. The number of amides is 3. The fourth-order valence-electron chi connectivity index (χ4n) is 5.98. The van der Waals surface area contributed by atoms with Gasteiger partial charge in [0, 0.05) is 6.04 Å². The van der Waals surface area contributed by atoms with Crippen LogP contribution in [0.1, 0.15) is 56.6 Å². The van der Waals surface area contributed by atoms with Gasteiger partial charge in [-0.2, -0.15) is 0 Å². The van der Waals surface area contributed by atoms with Gasteiger partial charge in [-0.15, -0.1) is 0 Å². The number of hydrogen-bond donors (Lipinski definition) is 1. The molecular formula is C24H27FN2O3. The highest BCUT2D eigenvalue weighted by Gasteiger charge is 2.60. The molecule has 5 nitrogen and oxygen atoms in total. The van der Waals surface area contributed by atoms with Gasteiger partial charge in [-0.3, -0.25) is 19.3 Å². The Bertz CT molecular complexity index is 860. The molecule has 2 bridgehead atoms. The van der Waals surface area contributed by atoms with Crippen molar-refractivity contribution in [3.8, 4) is 0 Å². The van der Waals surface area contributed by atoms with Crippen LogP contribution in [-0.4, -0.2) is 28.7 Å². The average Bonchev–Trinajstić information content (AvgIpc) is 3.42. The number of fused-ring (bicyclic) bond motifs is 5. The number of carbonyl (C=O) groups excluding carboxylic acids is 3. The normalized spacial score (nSPS) is 31.3. The zero-order valence-corrected chi connectivity index (χ0v) is 16.9. The molecule has 0 radical (unpaired) electrons. The van der Waals surface area contributed by atoms with Gasteiger partial charge in [0.2, 0.25) is 17.7 Å². The molecule has 5 atom stereocenters. The molecule has 1 saturated heterocycles. The fourth-order valence-corrected chi connectivity index (χ4v) is 5.98. The van der Waals surface area contributed by atoms with E-state index in [0.29, 0.717) is 5.56 Å². The summed E-state index contributed by atoms with van der Waals surface area (Å²) in [6.45, 7) is 0. The second-order valence-corrected chi connectivity index (χ2v) is 9.22. The quantitative estimate of drug-likeness (QED) is 0.597. The van der Waals surface area contributed by atoms with Gasteiger partial charge in [-0.25, -0.2) is 4.39 Å². The minimum atomic E-state index is -0.695. The number of allylic oxidation sites excluding steroid dienone is 2. The Morgan fingerprint density at radius 1 is 1.00 bits per heavy atom. The van der Waals surface area contributed by atoms with E-state index in [2.05, 4.69) is 17.5 Å². The molecule has 158 valence electrons. The van der Waals surface area contributed by atoms with E-state index in [9.17, 15) is 18.8 Å². The molecule has 1 aliphatic heterocycles. The molecule has 3 fully saturated rings. The summed E-state index contributed by atoms with van der Waals surface area (Å²) in [5.41, 5.74) is 0.622. The number of nitrogens with zero attached hydrogens (tertiary/aromatic N) is 1. The maximum Gasteiger partial charge on any atom is 0.234 e. The Balaban J connectivity index is 1.40. The predicted molar refractivity (Wildman–Crippen MR) is 108 cm³/mol. The van der Waals surface area contributed by atoms with Crippen LogP contribution in [0.15, 0.2) is 36.4 Å². The molecule has 0 spiro atoms. The van der Waals surface area contributed by atoms with Crippen LogP contribution in [0.3, 0.4) is 0 Å². The topological polar surface area (TPSA) is 66.5 Å². The highest BCUT2D eigenvalue weighted by Crippen LogP contribution is 2.54. The number of halogens is 1. The highest BCUT2D eigenvalue weighted by atomic mass is 19.1.